The van der Waals surface area contributed by atoms with Gasteiger partial charge >= 0.3 is 0 Å². The van der Waals surface area contributed by atoms with Crippen molar-refractivity contribution in [3.8, 4) is 11.1 Å². The molecule has 2 nitrogen and oxygen atoms in total. The maximum atomic E-state index is 6.84. The molecule has 43 heavy (non-hydrogen) atoms. The molecular weight excluding hydrogens is 544 g/mol. The minimum Gasteiger partial charge on any atom is -0.340 e. The summed E-state index contributed by atoms with van der Waals surface area (Å²) in [5.41, 5.74) is 9.46. The molecule has 1 heterocycles. The Morgan fingerprint density at radius 2 is 1.37 bits per heavy atom. The fourth-order valence-electron chi connectivity index (χ4n) is 6.48. The Hall–Kier alpha value is -4.66. The van der Waals surface area contributed by atoms with Gasteiger partial charge in [-0.05, 0) is 92.0 Å². The Balaban J connectivity index is 0.00000147. The molecule has 0 fully saturated rings. The van der Waals surface area contributed by atoms with Crippen molar-refractivity contribution in [1.82, 2.24) is 5.32 Å². The van der Waals surface area contributed by atoms with Crippen molar-refractivity contribution in [1.29, 1.82) is 0 Å². The molecule has 0 bridgehead atoms. The molecule has 210 valence electrons. The lowest BCUT2D eigenvalue weighted by Gasteiger charge is -2.24. The highest BCUT2D eigenvalue weighted by Gasteiger charge is 2.21. The van der Waals surface area contributed by atoms with Gasteiger partial charge in [0, 0.05) is 16.3 Å². The zero-order valence-corrected chi connectivity index (χ0v) is 25.2. The average molecular weight is 577 g/mol. The van der Waals surface area contributed by atoms with E-state index in [9.17, 15) is 0 Å². The normalized spacial score (nSPS) is 15.4. The van der Waals surface area contributed by atoms with E-state index in [2.05, 4.69) is 115 Å². The predicted octanol–water partition coefficient (Wildman–Crippen LogP) is 10.6. The van der Waals surface area contributed by atoms with Gasteiger partial charge in [-0.25, -0.2) is 0 Å². The molecule has 3 heteroatoms. The van der Waals surface area contributed by atoms with E-state index in [1.165, 1.54) is 38.2 Å². The van der Waals surface area contributed by atoms with Crippen molar-refractivity contribution in [2.75, 3.05) is 0 Å². The molecule has 0 radical (unpaired) electrons. The van der Waals surface area contributed by atoms with Crippen LogP contribution in [0.5, 0.6) is 0 Å². The monoisotopic (exact) mass is 576 g/mol. The number of aliphatic imine (C=N–C) groups is 1. The lowest BCUT2D eigenvalue weighted by atomic mass is 9.83. The third-order valence-electron chi connectivity index (χ3n) is 8.41. The summed E-state index contributed by atoms with van der Waals surface area (Å²) < 4.78 is 0. The maximum Gasteiger partial charge on any atom is 0.133 e. The number of hydrogen-bond acceptors (Lipinski definition) is 2. The molecule has 0 spiro atoms. The number of nitrogens with zero attached hydrogens (tertiary/aromatic N) is 1. The van der Waals surface area contributed by atoms with E-state index >= 15 is 0 Å². The summed E-state index contributed by atoms with van der Waals surface area (Å²) in [6.07, 6.45) is 4.37. The van der Waals surface area contributed by atoms with Crippen LogP contribution < -0.4 is 5.32 Å². The molecular formula is C40H33ClN2. The summed E-state index contributed by atoms with van der Waals surface area (Å²) in [6, 6.07) is 42.9. The van der Waals surface area contributed by atoms with Gasteiger partial charge in [0.15, 0.2) is 0 Å². The van der Waals surface area contributed by atoms with E-state index in [4.69, 9.17) is 16.6 Å². The van der Waals surface area contributed by atoms with Crippen molar-refractivity contribution in [2.24, 2.45) is 4.99 Å². The van der Waals surface area contributed by atoms with Crippen molar-refractivity contribution >= 4 is 44.7 Å². The number of rotatable bonds is 4. The van der Waals surface area contributed by atoms with Crippen molar-refractivity contribution in [3.63, 3.8) is 0 Å². The molecule has 1 aliphatic heterocycles. The van der Waals surface area contributed by atoms with Crippen LogP contribution in [0, 0.1) is 0 Å². The summed E-state index contributed by atoms with van der Waals surface area (Å²) in [6.45, 7) is 4.00. The highest BCUT2D eigenvalue weighted by molar-refractivity contribution is 6.31. The van der Waals surface area contributed by atoms with Gasteiger partial charge in [-0.3, -0.25) is 4.99 Å². The third-order valence-corrected chi connectivity index (χ3v) is 8.63. The Morgan fingerprint density at radius 3 is 2.16 bits per heavy atom. The Kier molecular flexibility index (Phi) is 7.30. The second kappa shape index (κ2) is 11.6. The first-order valence-corrected chi connectivity index (χ1v) is 15.5. The second-order valence-electron chi connectivity index (χ2n) is 10.9. The van der Waals surface area contributed by atoms with Crippen LogP contribution in [0.3, 0.4) is 0 Å². The standard InChI is InChI=1S/C38H27ClN2.C2H6/c39-31-21-29(32-18-16-28-15-14-26-12-7-13-27-17-19-33(32)37(28)36(26)27)20-30(22-31)38-40-34(24-8-3-1-4-9-24)23-35(41-38)25-10-5-2-6-11-25;1-2/h1-13,16-23,34H,14-15H2,(H,40,41);1-2H3. The topological polar surface area (TPSA) is 24.4 Å². The molecule has 1 atom stereocenters. The van der Waals surface area contributed by atoms with Gasteiger partial charge in [-0.1, -0.05) is 129 Å². The largest absolute Gasteiger partial charge is 0.340 e. The first-order valence-electron chi connectivity index (χ1n) is 15.2. The number of hydrogen-bond donors (Lipinski definition) is 1. The molecule has 6 aromatic rings. The molecule has 0 amide bonds. The van der Waals surface area contributed by atoms with Gasteiger partial charge in [0.1, 0.15) is 5.84 Å². The highest BCUT2D eigenvalue weighted by atomic mass is 35.5. The lowest BCUT2D eigenvalue weighted by Crippen LogP contribution is -2.27. The molecule has 1 N–H and O–H groups in total. The molecule has 6 aromatic carbocycles. The summed E-state index contributed by atoms with van der Waals surface area (Å²) in [5.74, 6) is 0.818. The molecule has 0 saturated heterocycles. The molecule has 1 aliphatic carbocycles. The Morgan fingerprint density at radius 1 is 0.651 bits per heavy atom. The van der Waals surface area contributed by atoms with Gasteiger partial charge in [0.05, 0.1) is 6.04 Å². The minimum atomic E-state index is -0.104. The van der Waals surface area contributed by atoms with E-state index < -0.39 is 0 Å². The predicted molar refractivity (Wildman–Crippen MR) is 184 cm³/mol. The highest BCUT2D eigenvalue weighted by Crippen LogP contribution is 2.41. The summed E-state index contributed by atoms with van der Waals surface area (Å²) >= 11 is 6.84. The average Bonchev–Trinajstić information content (AvgIpc) is 3.08. The number of nitrogens with one attached hydrogen (secondary N) is 1. The minimum absolute atomic E-state index is 0.104. The van der Waals surface area contributed by atoms with Crippen LogP contribution >= 0.6 is 11.6 Å². The molecule has 1 unspecified atom stereocenters. The molecule has 8 rings (SSSR count). The molecule has 0 saturated carbocycles. The number of halogens is 1. The van der Waals surface area contributed by atoms with E-state index in [0.717, 1.165) is 46.6 Å². The lowest BCUT2D eigenvalue weighted by molar-refractivity contribution is 0.880. The van der Waals surface area contributed by atoms with E-state index in [1.54, 1.807) is 0 Å². The van der Waals surface area contributed by atoms with Crippen LogP contribution in [-0.4, -0.2) is 5.84 Å². The van der Waals surface area contributed by atoms with Crippen molar-refractivity contribution < 1.29 is 0 Å². The SMILES string of the molecule is CC.Clc1cc(C2=NC(c3ccccc3)C=C(c3ccccc3)N2)cc(-c2ccc3c4c2ccc2cccc(c24)CC3)c1. The van der Waals surface area contributed by atoms with Gasteiger partial charge in [-0.15, -0.1) is 0 Å². The van der Waals surface area contributed by atoms with Gasteiger partial charge < -0.3 is 5.32 Å². The van der Waals surface area contributed by atoms with E-state index in [0.29, 0.717) is 5.02 Å². The van der Waals surface area contributed by atoms with Crippen LogP contribution in [0.1, 0.15) is 47.7 Å². The zero-order valence-electron chi connectivity index (χ0n) is 24.4. The van der Waals surface area contributed by atoms with Gasteiger partial charge in [0.2, 0.25) is 0 Å². The van der Waals surface area contributed by atoms with Crippen molar-refractivity contribution in [3.05, 3.63) is 160 Å². The maximum absolute atomic E-state index is 6.84. The first-order chi connectivity index (χ1) is 21.2. The third kappa shape index (κ3) is 5.02. The van der Waals surface area contributed by atoms with Crippen molar-refractivity contribution in [2.45, 2.75) is 32.7 Å². The van der Waals surface area contributed by atoms with Gasteiger partial charge in [-0.2, -0.15) is 0 Å². The van der Waals surface area contributed by atoms with Crippen LogP contribution in [0.2, 0.25) is 5.02 Å². The Bertz CT molecular complexity index is 2020. The van der Waals surface area contributed by atoms with Gasteiger partial charge in [0.25, 0.3) is 0 Å². The van der Waals surface area contributed by atoms with Crippen LogP contribution in [-0.2, 0) is 12.8 Å². The number of amidine groups is 1. The van der Waals surface area contributed by atoms with Crippen LogP contribution in [0.15, 0.2) is 132 Å². The van der Waals surface area contributed by atoms with E-state index in [-0.39, 0.29) is 6.04 Å². The van der Waals surface area contributed by atoms with E-state index in [1.807, 2.05) is 32.0 Å². The fraction of sp³-hybridized carbons (Fsp3) is 0.125. The van der Waals surface area contributed by atoms with Crippen LogP contribution in [0.25, 0.3) is 38.4 Å². The smallest absolute Gasteiger partial charge is 0.133 e. The quantitative estimate of drug-likeness (QED) is 0.207. The molecule has 0 aromatic heterocycles. The summed E-state index contributed by atoms with van der Waals surface area (Å²) in [4.78, 5) is 5.18. The first kappa shape index (κ1) is 27.2. The fourth-order valence-corrected chi connectivity index (χ4v) is 6.71. The Labute approximate surface area is 258 Å². The zero-order chi connectivity index (χ0) is 29.3. The molecule has 2 aliphatic rings. The summed E-state index contributed by atoms with van der Waals surface area (Å²) in [7, 11) is 0. The second-order valence-corrected chi connectivity index (χ2v) is 11.3. The number of benzene rings is 6. The summed E-state index contributed by atoms with van der Waals surface area (Å²) in [5, 5.41) is 9.70. The number of aryl methyl sites for hydroxylation is 2. The van der Waals surface area contributed by atoms with Crippen LogP contribution in [0.4, 0.5) is 0 Å².